The topological polar surface area (TPSA) is 35.5 Å². The van der Waals surface area contributed by atoms with Gasteiger partial charge >= 0.3 is 0 Å². The highest BCUT2D eigenvalue weighted by Gasteiger charge is 2.50. The Morgan fingerprint density at radius 1 is 1.00 bits per heavy atom. The van der Waals surface area contributed by atoms with E-state index in [1.807, 2.05) is 0 Å². The van der Waals surface area contributed by atoms with Crippen LogP contribution in [-0.2, 0) is 13.6 Å². The number of Topliss-reactive ketones (excluding diaryl/α,β-unsaturated/α-hetero) is 1. The summed E-state index contributed by atoms with van der Waals surface area (Å²) in [6.07, 6.45) is 9.28. The fourth-order valence-corrected chi connectivity index (χ4v) is 10.6. The van der Waals surface area contributed by atoms with E-state index < -0.39 is 22.2 Å². The molecule has 156 valence electrons. The van der Waals surface area contributed by atoms with E-state index in [9.17, 15) is 4.79 Å². The van der Waals surface area contributed by atoms with Gasteiger partial charge in [-0.2, -0.15) is 0 Å². The minimum atomic E-state index is -1.89. The van der Waals surface area contributed by atoms with E-state index in [0.717, 1.165) is 49.1 Å². The molecule has 0 heterocycles. The lowest BCUT2D eigenvalue weighted by Crippen LogP contribution is -2.52. The number of rotatable bonds is 13. The summed E-state index contributed by atoms with van der Waals surface area (Å²) in [4.78, 5) is 13.0. The van der Waals surface area contributed by atoms with Crippen molar-refractivity contribution in [1.82, 2.24) is 0 Å². The lowest BCUT2D eigenvalue weighted by molar-refractivity contribution is -0.134. The van der Waals surface area contributed by atoms with Crippen LogP contribution in [-0.4, -0.2) is 34.1 Å². The van der Waals surface area contributed by atoms with Crippen molar-refractivity contribution >= 4 is 22.4 Å². The zero-order valence-electron chi connectivity index (χ0n) is 18.7. The largest absolute Gasteiger partial charge is 0.413 e. The molecule has 3 nitrogen and oxygen atoms in total. The number of hydrogen-bond acceptors (Lipinski definition) is 3. The second-order valence-corrected chi connectivity index (χ2v) is 17.6. The van der Waals surface area contributed by atoms with Crippen LogP contribution in [0.4, 0.5) is 0 Å². The van der Waals surface area contributed by atoms with Crippen LogP contribution in [0.2, 0.25) is 36.3 Å². The van der Waals surface area contributed by atoms with Crippen molar-refractivity contribution in [2.24, 2.45) is 0 Å². The first-order valence-corrected chi connectivity index (χ1v) is 16.2. The molecule has 0 spiro atoms. The predicted octanol–water partition coefficient (Wildman–Crippen LogP) is 6.30. The lowest BCUT2D eigenvalue weighted by Gasteiger charge is -2.42. The highest BCUT2D eigenvalue weighted by molar-refractivity contribution is 6.74. The summed E-state index contributed by atoms with van der Waals surface area (Å²) in [5.41, 5.74) is -0.648. The minimum Gasteiger partial charge on any atom is -0.413 e. The lowest BCUT2D eigenvalue weighted by atomic mass is 9.92. The number of hydrogen-bond donors (Lipinski definition) is 0. The predicted molar refractivity (Wildman–Crippen MR) is 120 cm³/mol. The van der Waals surface area contributed by atoms with Crippen molar-refractivity contribution in [1.29, 1.82) is 0 Å². The number of ketones is 1. The van der Waals surface area contributed by atoms with Gasteiger partial charge in [0.2, 0.25) is 0 Å². The molecule has 0 aliphatic heterocycles. The summed E-state index contributed by atoms with van der Waals surface area (Å²) in [5.74, 6) is 3.10. The Bertz CT molecular complexity index is 490. The SMILES string of the molecule is C#CC[C@H](C[C@]1(O[Si](CC)(CC)CC)CCCC1=O)O[Si](CC)(CC)CC. The van der Waals surface area contributed by atoms with Crippen molar-refractivity contribution in [2.45, 2.75) is 122 Å². The maximum atomic E-state index is 13.0. The van der Waals surface area contributed by atoms with Gasteiger partial charge in [-0.25, -0.2) is 0 Å². The average molecular weight is 411 g/mol. The normalized spacial score (nSPS) is 22.0. The molecule has 27 heavy (non-hydrogen) atoms. The van der Waals surface area contributed by atoms with Gasteiger partial charge in [0.05, 0.1) is 6.10 Å². The summed E-state index contributed by atoms with van der Waals surface area (Å²) in [7, 11) is -3.67. The summed E-state index contributed by atoms with van der Waals surface area (Å²) in [6, 6.07) is 6.48. The van der Waals surface area contributed by atoms with E-state index in [4.69, 9.17) is 15.3 Å². The van der Waals surface area contributed by atoms with Crippen molar-refractivity contribution in [3.63, 3.8) is 0 Å². The zero-order valence-corrected chi connectivity index (χ0v) is 20.7. The Kier molecular flexibility index (Phi) is 9.98. The van der Waals surface area contributed by atoms with Crippen LogP contribution in [0.5, 0.6) is 0 Å². The molecule has 2 atom stereocenters. The van der Waals surface area contributed by atoms with Crippen LogP contribution in [0, 0.1) is 12.3 Å². The molecule has 1 fully saturated rings. The van der Waals surface area contributed by atoms with Crippen molar-refractivity contribution in [3.05, 3.63) is 0 Å². The van der Waals surface area contributed by atoms with E-state index in [2.05, 4.69) is 47.5 Å². The fraction of sp³-hybridized carbons (Fsp3) is 0.864. The van der Waals surface area contributed by atoms with Gasteiger partial charge in [0.15, 0.2) is 22.4 Å². The van der Waals surface area contributed by atoms with E-state index in [-0.39, 0.29) is 11.9 Å². The Morgan fingerprint density at radius 2 is 1.52 bits per heavy atom. The molecule has 0 N–H and O–H groups in total. The van der Waals surface area contributed by atoms with Gasteiger partial charge in [-0.1, -0.05) is 41.5 Å². The molecule has 0 saturated heterocycles. The van der Waals surface area contributed by atoms with Crippen molar-refractivity contribution in [2.75, 3.05) is 0 Å². The second-order valence-electron chi connectivity index (χ2n) is 8.21. The molecule has 0 radical (unpaired) electrons. The molecule has 0 aromatic rings. The average Bonchev–Trinajstić information content (AvgIpc) is 3.04. The van der Waals surface area contributed by atoms with Crippen LogP contribution in [0.25, 0.3) is 0 Å². The highest BCUT2D eigenvalue weighted by atomic mass is 28.4. The summed E-state index contributed by atoms with van der Waals surface area (Å²) in [5, 5.41) is 0. The first kappa shape index (κ1) is 24.6. The maximum Gasteiger partial charge on any atom is 0.193 e. The third-order valence-electron chi connectivity index (χ3n) is 7.09. The first-order chi connectivity index (χ1) is 12.8. The van der Waals surface area contributed by atoms with Gasteiger partial charge < -0.3 is 8.85 Å². The molecular formula is C22H42O3Si2. The third-order valence-corrected chi connectivity index (χ3v) is 16.5. The standard InChI is InChI=1S/C22H42O3Si2/c1-8-16-20(24-26(9-2,10-3)11-4)19-22(18-15-17-21(22)23)25-27(12-5,13-6)14-7/h1,20H,9-19H2,2-7H3/t20-,22-/m1/s1. The smallest absolute Gasteiger partial charge is 0.193 e. The molecule has 0 unspecified atom stereocenters. The summed E-state index contributed by atoms with van der Waals surface area (Å²) < 4.78 is 13.7. The molecule has 1 rings (SSSR count). The monoisotopic (exact) mass is 410 g/mol. The van der Waals surface area contributed by atoms with E-state index in [1.54, 1.807) is 0 Å². The molecule has 0 aromatic heterocycles. The van der Waals surface area contributed by atoms with E-state index in [0.29, 0.717) is 19.3 Å². The molecule has 0 amide bonds. The molecular weight excluding hydrogens is 368 g/mol. The van der Waals surface area contributed by atoms with Crippen LogP contribution in [0.3, 0.4) is 0 Å². The van der Waals surface area contributed by atoms with Gasteiger partial charge in [0.25, 0.3) is 0 Å². The Labute approximate surface area is 170 Å². The van der Waals surface area contributed by atoms with Crippen LogP contribution < -0.4 is 0 Å². The summed E-state index contributed by atoms with van der Waals surface area (Å²) in [6.45, 7) is 13.4. The molecule has 5 heteroatoms. The number of terminal acetylenes is 1. The molecule has 1 saturated carbocycles. The Balaban J connectivity index is 3.15. The maximum absolute atomic E-state index is 13.0. The number of carbonyl (C=O) groups is 1. The van der Waals surface area contributed by atoms with E-state index in [1.165, 1.54) is 0 Å². The molecule has 0 aromatic carbocycles. The molecule has 1 aliphatic rings. The molecule has 1 aliphatic carbocycles. The van der Waals surface area contributed by atoms with Crippen LogP contribution in [0.1, 0.15) is 73.6 Å². The van der Waals surface area contributed by atoms with E-state index >= 15 is 0 Å². The second kappa shape index (κ2) is 10.9. The van der Waals surface area contributed by atoms with Gasteiger partial charge in [0.1, 0.15) is 5.60 Å². The molecule has 0 bridgehead atoms. The number of carbonyl (C=O) groups excluding carboxylic acids is 1. The third kappa shape index (κ3) is 5.79. The Hall–Kier alpha value is -0.416. The quantitative estimate of drug-likeness (QED) is 0.264. The minimum absolute atomic E-state index is 0.0548. The van der Waals surface area contributed by atoms with Gasteiger partial charge in [-0.05, 0) is 49.1 Å². The first-order valence-electron chi connectivity index (χ1n) is 11.2. The van der Waals surface area contributed by atoms with Crippen LogP contribution >= 0.6 is 0 Å². The summed E-state index contributed by atoms with van der Waals surface area (Å²) >= 11 is 0. The van der Waals surface area contributed by atoms with Gasteiger partial charge in [0, 0.05) is 19.3 Å². The van der Waals surface area contributed by atoms with Crippen molar-refractivity contribution in [3.8, 4) is 12.3 Å². The Morgan fingerprint density at radius 3 is 1.89 bits per heavy atom. The zero-order chi connectivity index (χ0) is 20.6. The van der Waals surface area contributed by atoms with Crippen LogP contribution in [0.15, 0.2) is 0 Å². The van der Waals surface area contributed by atoms with Crippen molar-refractivity contribution < 1.29 is 13.6 Å². The van der Waals surface area contributed by atoms with Gasteiger partial charge in [-0.3, -0.25) is 4.79 Å². The fourth-order valence-electron chi connectivity index (χ4n) is 4.66. The van der Waals surface area contributed by atoms with Gasteiger partial charge in [-0.15, -0.1) is 12.3 Å². The highest BCUT2D eigenvalue weighted by Crippen LogP contribution is 2.41.